The van der Waals surface area contributed by atoms with Gasteiger partial charge in [0.2, 0.25) is 10.0 Å². The second kappa shape index (κ2) is 5.66. The highest BCUT2D eigenvalue weighted by Crippen LogP contribution is 2.43. The number of aryl methyl sites for hydroxylation is 1. The lowest BCUT2D eigenvalue weighted by Gasteiger charge is -2.32. The van der Waals surface area contributed by atoms with Crippen LogP contribution in [0.4, 0.5) is 0 Å². The van der Waals surface area contributed by atoms with Gasteiger partial charge in [0.25, 0.3) is 0 Å². The molecule has 3 unspecified atom stereocenters. The van der Waals surface area contributed by atoms with Gasteiger partial charge in [-0.3, -0.25) is 4.79 Å². The van der Waals surface area contributed by atoms with Crippen LogP contribution in [0, 0.1) is 12.8 Å². The highest BCUT2D eigenvalue weighted by atomic mass is 32.2. The van der Waals surface area contributed by atoms with Crippen LogP contribution in [0.25, 0.3) is 0 Å². The summed E-state index contributed by atoms with van der Waals surface area (Å²) in [5.74, 6) is -0.861. The van der Waals surface area contributed by atoms with E-state index in [0.29, 0.717) is 12.0 Å². The molecule has 1 heterocycles. The maximum Gasteiger partial charge on any atom is 0.322 e. The van der Waals surface area contributed by atoms with Crippen molar-refractivity contribution < 1.29 is 18.3 Å². The van der Waals surface area contributed by atoms with Crippen molar-refractivity contribution in [2.75, 3.05) is 0 Å². The van der Waals surface area contributed by atoms with Crippen molar-refractivity contribution in [3.63, 3.8) is 0 Å². The van der Waals surface area contributed by atoms with E-state index in [1.807, 2.05) is 0 Å². The van der Waals surface area contributed by atoms with E-state index in [0.717, 1.165) is 25.7 Å². The smallest absolute Gasteiger partial charge is 0.322 e. The summed E-state index contributed by atoms with van der Waals surface area (Å²) in [6.45, 7) is 1.75. The number of nitrogens with zero attached hydrogens (tertiary/aromatic N) is 1. The second-order valence-electron chi connectivity index (χ2n) is 6.30. The van der Waals surface area contributed by atoms with Gasteiger partial charge in [0.05, 0.1) is 4.90 Å². The molecule has 0 amide bonds. The number of sulfonamides is 1. The number of carboxylic acids is 1. The zero-order chi connectivity index (χ0) is 15.9. The lowest BCUT2D eigenvalue weighted by Crippen LogP contribution is -2.46. The summed E-state index contributed by atoms with van der Waals surface area (Å²) in [5.41, 5.74) is 0.658. The molecule has 3 rings (SSSR count). The highest BCUT2D eigenvalue weighted by Gasteiger charge is 2.51. The predicted molar refractivity (Wildman–Crippen MR) is 82.0 cm³/mol. The molecule has 1 aromatic rings. The van der Waals surface area contributed by atoms with Gasteiger partial charge in [-0.15, -0.1) is 0 Å². The van der Waals surface area contributed by atoms with Gasteiger partial charge in [0.1, 0.15) is 6.04 Å². The first-order valence-electron chi connectivity index (χ1n) is 7.75. The largest absolute Gasteiger partial charge is 0.480 e. The average Bonchev–Trinajstić information content (AvgIpc) is 2.88. The molecular formula is C16H21NO4S. The van der Waals surface area contributed by atoms with E-state index in [-0.39, 0.29) is 16.9 Å². The number of benzene rings is 1. The molecule has 1 N–H and O–H groups in total. The minimum Gasteiger partial charge on any atom is -0.480 e. The Labute approximate surface area is 131 Å². The number of carboxylic acid groups (broad SMARTS) is 1. The molecule has 2 fully saturated rings. The summed E-state index contributed by atoms with van der Waals surface area (Å²) in [7, 11) is -3.78. The monoisotopic (exact) mass is 323 g/mol. The Morgan fingerprint density at radius 2 is 1.91 bits per heavy atom. The van der Waals surface area contributed by atoms with Gasteiger partial charge in [-0.2, -0.15) is 4.31 Å². The van der Waals surface area contributed by atoms with E-state index in [2.05, 4.69) is 0 Å². The van der Waals surface area contributed by atoms with Gasteiger partial charge in [-0.25, -0.2) is 8.42 Å². The first kappa shape index (κ1) is 15.5. The topological polar surface area (TPSA) is 74.7 Å². The first-order chi connectivity index (χ1) is 10.4. The molecule has 1 saturated heterocycles. The van der Waals surface area contributed by atoms with Crippen LogP contribution in [-0.4, -0.2) is 35.9 Å². The molecule has 1 saturated carbocycles. The molecular weight excluding hydrogens is 302 g/mol. The number of rotatable bonds is 3. The summed E-state index contributed by atoms with van der Waals surface area (Å²) >= 11 is 0. The molecule has 0 aromatic heterocycles. The summed E-state index contributed by atoms with van der Waals surface area (Å²) in [6, 6.07) is 5.69. The third kappa shape index (κ3) is 2.44. The van der Waals surface area contributed by atoms with Gasteiger partial charge in [-0.1, -0.05) is 31.0 Å². The fraction of sp³-hybridized carbons (Fsp3) is 0.562. The van der Waals surface area contributed by atoms with Crippen LogP contribution in [0.1, 0.15) is 37.7 Å². The quantitative estimate of drug-likeness (QED) is 0.927. The van der Waals surface area contributed by atoms with Crippen molar-refractivity contribution in [1.82, 2.24) is 4.31 Å². The molecule has 0 bridgehead atoms. The number of hydrogen-bond acceptors (Lipinski definition) is 3. The summed E-state index contributed by atoms with van der Waals surface area (Å²) in [5, 5.41) is 9.50. The van der Waals surface area contributed by atoms with Crippen LogP contribution >= 0.6 is 0 Å². The summed E-state index contributed by atoms with van der Waals surface area (Å²) < 4.78 is 27.5. The summed E-state index contributed by atoms with van der Waals surface area (Å²) in [4.78, 5) is 11.8. The molecule has 22 heavy (non-hydrogen) atoms. The molecule has 1 aromatic carbocycles. The van der Waals surface area contributed by atoms with Crippen LogP contribution in [-0.2, 0) is 14.8 Å². The van der Waals surface area contributed by atoms with Crippen LogP contribution < -0.4 is 0 Å². The van der Waals surface area contributed by atoms with E-state index in [9.17, 15) is 18.3 Å². The first-order valence-corrected chi connectivity index (χ1v) is 9.19. The van der Waals surface area contributed by atoms with Crippen LogP contribution in [0.3, 0.4) is 0 Å². The van der Waals surface area contributed by atoms with Gasteiger partial charge in [-0.05, 0) is 43.7 Å². The number of aliphatic carboxylic acids is 1. The second-order valence-corrected chi connectivity index (χ2v) is 8.11. The van der Waals surface area contributed by atoms with E-state index in [1.165, 1.54) is 4.31 Å². The fourth-order valence-electron chi connectivity index (χ4n) is 3.93. The van der Waals surface area contributed by atoms with E-state index in [4.69, 9.17) is 0 Å². The van der Waals surface area contributed by atoms with Crippen molar-refractivity contribution in [1.29, 1.82) is 0 Å². The number of fused-ring (bicyclic) bond motifs is 1. The molecule has 2 aliphatic rings. The van der Waals surface area contributed by atoms with E-state index >= 15 is 0 Å². The number of carbonyl (C=O) groups is 1. The summed E-state index contributed by atoms with van der Waals surface area (Å²) in [6.07, 6.45) is 4.15. The minimum absolute atomic E-state index is 0.167. The molecule has 6 heteroatoms. The Kier molecular flexibility index (Phi) is 3.99. The maximum absolute atomic E-state index is 13.1. The standard InChI is InChI=1S/C16H21NO4S/c1-11-6-2-5-9-15(11)22(20,21)17-13-8-4-3-7-12(13)10-14(17)16(18)19/h2,5-6,9,12-14H,3-4,7-8,10H2,1H3,(H,18,19). The predicted octanol–water partition coefficient (Wildman–Crippen LogP) is 2.40. The SMILES string of the molecule is Cc1ccccc1S(=O)(=O)N1C(C(=O)O)CC2CCCCC21. The van der Waals surface area contributed by atoms with E-state index < -0.39 is 22.0 Å². The minimum atomic E-state index is -3.78. The molecule has 0 spiro atoms. The maximum atomic E-state index is 13.1. The van der Waals surface area contributed by atoms with Crippen molar-refractivity contribution >= 4 is 16.0 Å². The zero-order valence-corrected chi connectivity index (χ0v) is 13.4. The van der Waals surface area contributed by atoms with Gasteiger partial charge >= 0.3 is 5.97 Å². The highest BCUT2D eigenvalue weighted by molar-refractivity contribution is 7.89. The van der Waals surface area contributed by atoms with Gasteiger partial charge in [0.15, 0.2) is 0 Å². The Hall–Kier alpha value is -1.40. The van der Waals surface area contributed by atoms with Gasteiger partial charge in [0, 0.05) is 6.04 Å². The molecule has 120 valence electrons. The Morgan fingerprint density at radius 1 is 1.23 bits per heavy atom. The average molecular weight is 323 g/mol. The van der Waals surface area contributed by atoms with Crippen LogP contribution in [0.15, 0.2) is 29.2 Å². The van der Waals surface area contributed by atoms with Crippen molar-refractivity contribution in [2.45, 2.75) is 56.0 Å². The molecule has 5 nitrogen and oxygen atoms in total. The molecule has 1 aliphatic heterocycles. The zero-order valence-electron chi connectivity index (χ0n) is 12.6. The van der Waals surface area contributed by atoms with Gasteiger partial charge < -0.3 is 5.11 Å². The fourth-order valence-corrected chi connectivity index (χ4v) is 6.03. The Balaban J connectivity index is 2.06. The third-order valence-electron chi connectivity index (χ3n) is 4.96. The van der Waals surface area contributed by atoms with E-state index in [1.54, 1.807) is 31.2 Å². The van der Waals surface area contributed by atoms with Crippen LogP contribution in [0.2, 0.25) is 0 Å². The van der Waals surface area contributed by atoms with Crippen molar-refractivity contribution in [2.24, 2.45) is 5.92 Å². The third-order valence-corrected chi connectivity index (χ3v) is 7.06. The van der Waals surface area contributed by atoms with Crippen LogP contribution in [0.5, 0.6) is 0 Å². The lowest BCUT2D eigenvalue weighted by molar-refractivity contribution is -0.141. The lowest BCUT2D eigenvalue weighted by atomic mass is 9.85. The Bertz CT molecular complexity index is 685. The molecule has 1 aliphatic carbocycles. The molecule has 0 radical (unpaired) electrons. The normalized spacial score (nSPS) is 29.2. The Morgan fingerprint density at radius 3 is 2.59 bits per heavy atom. The van der Waals surface area contributed by atoms with Crippen molar-refractivity contribution in [3.8, 4) is 0 Å². The van der Waals surface area contributed by atoms with Crippen molar-refractivity contribution in [3.05, 3.63) is 29.8 Å². The number of hydrogen-bond donors (Lipinski definition) is 1. The molecule has 3 atom stereocenters.